The van der Waals surface area contributed by atoms with E-state index in [4.69, 9.17) is 11.6 Å². The van der Waals surface area contributed by atoms with Crippen molar-refractivity contribution < 1.29 is 4.79 Å². The molecule has 1 aromatic carbocycles. The average molecular weight is 305 g/mol. The Labute approximate surface area is 126 Å². The number of likely N-dealkylation sites (N-methyl/N-ethyl adjacent to an activating group) is 1. The molecule has 0 aliphatic heterocycles. The number of amides is 1. The molecule has 0 unspecified atom stereocenters. The molecule has 0 aromatic heterocycles. The van der Waals surface area contributed by atoms with Gasteiger partial charge in [0, 0.05) is 10.7 Å². The first-order valence-corrected chi connectivity index (χ1v) is 6.65. The molecular formula is C14H22Cl2N2O. The molecule has 0 bridgehead atoms. The standard InChI is InChI=1S/C14H21ClN2O.ClH/c1-4-5-8-17(3)10-14(18)16-12-7-6-11(2)13(15)9-12;/h6-7,9H,4-5,8,10H2,1-3H3,(H,16,18);1H. The highest BCUT2D eigenvalue weighted by Gasteiger charge is 2.07. The lowest BCUT2D eigenvalue weighted by Crippen LogP contribution is -2.30. The van der Waals surface area contributed by atoms with Crippen molar-refractivity contribution in [1.29, 1.82) is 0 Å². The summed E-state index contributed by atoms with van der Waals surface area (Å²) < 4.78 is 0. The molecule has 0 radical (unpaired) electrons. The van der Waals surface area contributed by atoms with Crippen LogP contribution in [0.3, 0.4) is 0 Å². The summed E-state index contributed by atoms with van der Waals surface area (Å²) in [7, 11) is 1.96. The number of hydrogen-bond acceptors (Lipinski definition) is 2. The van der Waals surface area contributed by atoms with Crippen LogP contribution >= 0.6 is 24.0 Å². The van der Waals surface area contributed by atoms with E-state index in [1.54, 1.807) is 6.07 Å². The first-order valence-electron chi connectivity index (χ1n) is 6.27. The number of rotatable bonds is 6. The normalized spacial score (nSPS) is 10.2. The van der Waals surface area contributed by atoms with Crippen LogP contribution in [0.4, 0.5) is 5.69 Å². The van der Waals surface area contributed by atoms with Crippen LogP contribution < -0.4 is 5.32 Å². The van der Waals surface area contributed by atoms with Gasteiger partial charge in [-0.15, -0.1) is 12.4 Å². The second-order valence-electron chi connectivity index (χ2n) is 4.60. The van der Waals surface area contributed by atoms with Crippen LogP contribution in [0.5, 0.6) is 0 Å². The topological polar surface area (TPSA) is 32.3 Å². The Morgan fingerprint density at radius 3 is 2.68 bits per heavy atom. The highest BCUT2D eigenvalue weighted by atomic mass is 35.5. The zero-order valence-corrected chi connectivity index (χ0v) is 13.3. The van der Waals surface area contributed by atoms with Crippen molar-refractivity contribution >= 4 is 35.6 Å². The van der Waals surface area contributed by atoms with Crippen LogP contribution in [0.2, 0.25) is 5.02 Å². The molecule has 1 aromatic rings. The van der Waals surface area contributed by atoms with Gasteiger partial charge in [-0.25, -0.2) is 0 Å². The zero-order valence-electron chi connectivity index (χ0n) is 11.7. The van der Waals surface area contributed by atoms with Crippen LogP contribution in [0, 0.1) is 6.92 Å². The number of aryl methyl sites for hydroxylation is 1. The Kier molecular flexibility index (Phi) is 8.81. The molecular weight excluding hydrogens is 283 g/mol. The van der Waals surface area contributed by atoms with Crippen LogP contribution in [-0.2, 0) is 4.79 Å². The second-order valence-corrected chi connectivity index (χ2v) is 5.01. The predicted octanol–water partition coefficient (Wildman–Crippen LogP) is 3.74. The molecule has 0 aliphatic carbocycles. The summed E-state index contributed by atoms with van der Waals surface area (Å²) in [6.45, 7) is 5.43. The lowest BCUT2D eigenvalue weighted by Gasteiger charge is -2.15. The average Bonchev–Trinajstić information content (AvgIpc) is 2.31. The van der Waals surface area contributed by atoms with Gasteiger partial charge in [0.25, 0.3) is 0 Å². The highest BCUT2D eigenvalue weighted by molar-refractivity contribution is 6.31. The van der Waals surface area contributed by atoms with Gasteiger partial charge < -0.3 is 5.32 Å². The third-order valence-electron chi connectivity index (χ3n) is 2.76. The van der Waals surface area contributed by atoms with Gasteiger partial charge in [-0.1, -0.05) is 31.0 Å². The predicted molar refractivity (Wildman–Crippen MR) is 84.5 cm³/mol. The minimum atomic E-state index is -0.00600. The summed E-state index contributed by atoms with van der Waals surface area (Å²) in [5.74, 6) is -0.00600. The Morgan fingerprint density at radius 1 is 1.42 bits per heavy atom. The van der Waals surface area contributed by atoms with Crippen molar-refractivity contribution in [3.8, 4) is 0 Å². The van der Waals surface area contributed by atoms with E-state index in [2.05, 4.69) is 12.2 Å². The van der Waals surface area contributed by atoms with E-state index in [0.717, 1.165) is 30.6 Å². The van der Waals surface area contributed by atoms with E-state index in [1.807, 2.05) is 31.0 Å². The number of anilines is 1. The van der Waals surface area contributed by atoms with Crippen molar-refractivity contribution in [3.05, 3.63) is 28.8 Å². The van der Waals surface area contributed by atoms with E-state index in [0.29, 0.717) is 11.6 Å². The number of halogens is 2. The smallest absolute Gasteiger partial charge is 0.238 e. The van der Waals surface area contributed by atoms with Gasteiger partial charge >= 0.3 is 0 Å². The maximum Gasteiger partial charge on any atom is 0.238 e. The molecule has 0 heterocycles. The van der Waals surface area contributed by atoms with Gasteiger partial charge in [-0.3, -0.25) is 9.69 Å². The summed E-state index contributed by atoms with van der Waals surface area (Å²) in [6, 6.07) is 5.55. The molecule has 3 nitrogen and oxygen atoms in total. The van der Waals surface area contributed by atoms with Gasteiger partial charge in [0.05, 0.1) is 6.54 Å². The van der Waals surface area contributed by atoms with Gasteiger partial charge in [0.2, 0.25) is 5.91 Å². The fourth-order valence-corrected chi connectivity index (χ4v) is 1.80. The van der Waals surface area contributed by atoms with Crippen molar-refractivity contribution in [2.75, 3.05) is 25.5 Å². The number of unbranched alkanes of at least 4 members (excludes halogenated alkanes) is 1. The first kappa shape index (κ1) is 18.2. The number of nitrogens with one attached hydrogen (secondary N) is 1. The molecule has 0 spiro atoms. The van der Waals surface area contributed by atoms with E-state index >= 15 is 0 Å². The van der Waals surface area contributed by atoms with E-state index in [1.165, 1.54) is 0 Å². The summed E-state index contributed by atoms with van der Waals surface area (Å²) in [5.41, 5.74) is 1.76. The van der Waals surface area contributed by atoms with Crippen LogP contribution in [0.25, 0.3) is 0 Å². The minimum absolute atomic E-state index is 0. The fourth-order valence-electron chi connectivity index (χ4n) is 1.62. The molecule has 1 N–H and O–H groups in total. The summed E-state index contributed by atoms with van der Waals surface area (Å²) in [4.78, 5) is 13.8. The van der Waals surface area contributed by atoms with Gasteiger partial charge in [0.1, 0.15) is 0 Å². The number of carbonyl (C=O) groups excluding carboxylic acids is 1. The molecule has 1 amide bonds. The summed E-state index contributed by atoms with van der Waals surface area (Å²) in [6.07, 6.45) is 2.25. The second kappa shape index (κ2) is 9.18. The lowest BCUT2D eigenvalue weighted by molar-refractivity contribution is -0.117. The highest BCUT2D eigenvalue weighted by Crippen LogP contribution is 2.19. The third kappa shape index (κ3) is 6.81. The van der Waals surface area contributed by atoms with Crippen molar-refractivity contribution in [1.82, 2.24) is 4.90 Å². The zero-order chi connectivity index (χ0) is 13.5. The quantitative estimate of drug-likeness (QED) is 0.868. The largest absolute Gasteiger partial charge is 0.325 e. The van der Waals surface area contributed by atoms with E-state index in [-0.39, 0.29) is 18.3 Å². The number of benzene rings is 1. The minimum Gasteiger partial charge on any atom is -0.325 e. The Bertz CT molecular complexity index is 410. The summed E-state index contributed by atoms with van der Waals surface area (Å²) in [5, 5.41) is 3.53. The molecule has 1 rings (SSSR count). The van der Waals surface area contributed by atoms with Gasteiger partial charge in [-0.2, -0.15) is 0 Å². The number of hydrogen-bond donors (Lipinski definition) is 1. The van der Waals surface area contributed by atoms with Crippen molar-refractivity contribution in [2.45, 2.75) is 26.7 Å². The van der Waals surface area contributed by atoms with E-state index < -0.39 is 0 Å². The van der Waals surface area contributed by atoms with Crippen LogP contribution in [0.15, 0.2) is 18.2 Å². The lowest BCUT2D eigenvalue weighted by atomic mass is 10.2. The monoisotopic (exact) mass is 304 g/mol. The number of nitrogens with zero attached hydrogens (tertiary/aromatic N) is 1. The van der Waals surface area contributed by atoms with Gasteiger partial charge in [0.15, 0.2) is 0 Å². The van der Waals surface area contributed by atoms with Crippen LogP contribution in [-0.4, -0.2) is 30.9 Å². The maximum atomic E-state index is 11.8. The Balaban J connectivity index is 0.00000324. The van der Waals surface area contributed by atoms with Crippen molar-refractivity contribution in [3.63, 3.8) is 0 Å². The molecule has 0 fully saturated rings. The first-order chi connectivity index (χ1) is 8.52. The summed E-state index contributed by atoms with van der Waals surface area (Å²) >= 11 is 6.01. The van der Waals surface area contributed by atoms with E-state index in [9.17, 15) is 4.79 Å². The van der Waals surface area contributed by atoms with Crippen molar-refractivity contribution in [2.24, 2.45) is 0 Å². The SMILES string of the molecule is CCCCN(C)CC(=O)Nc1ccc(C)c(Cl)c1.Cl. The molecule has 0 aliphatic rings. The Morgan fingerprint density at radius 2 is 2.11 bits per heavy atom. The molecule has 19 heavy (non-hydrogen) atoms. The molecule has 108 valence electrons. The Hall–Kier alpha value is -0.770. The van der Waals surface area contributed by atoms with Gasteiger partial charge in [-0.05, 0) is 44.6 Å². The fraction of sp³-hybridized carbons (Fsp3) is 0.500. The van der Waals surface area contributed by atoms with Crippen LogP contribution in [0.1, 0.15) is 25.3 Å². The molecule has 5 heteroatoms. The molecule has 0 saturated heterocycles. The maximum absolute atomic E-state index is 11.8. The number of carbonyl (C=O) groups is 1. The molecule has 0 saturated carbocycles. The third-order valence-corrected chi connectivity index (χ3v) is 3.17. The molecule has 0 atom stereocenters.